The topological polar surface area (TPSA) is 38.0 Å². The number of alkyl halides is 3. The predicted octanol–water partition coefficient (Wildman–Crippen LogP) is 3.15. The molecule has 0 bridgehead atoms. The molecule has 0 saturated heterocycles. The highest BCUT2D eigenvalue weighted by molar-refractivity contribution is 9.10. The van der Waals surface area contributed by atoms with Crippen molar-refractivity contribution in [2.75, 3.05) is 0 Å². The zero-order valence-corrected chi connectivity index (χ0v) is 10.5. The Morgan fingerprint density at radius 1 is 1.33 bits per heavy atom. The Kier molecular flexibility index (Phi) is 3.45. The van der Waals surface area contributed by atoms with Gasteiger partial charge in [0.25, 0.3) is 0 Å². The van der Waals surface area contributed by atoms with E-state index >= 15 is 0 Å². The maximum atomic E-state index is 12.7. The van der Waals surface area contributed by atoms with Crippen LogP contribution in [0, 0.1) is 0 Å². The van der Waals surface area contributed by atoms with Gasteiger partial charge in [-0.1, -0.05) is 15.9 Å². The second kappa shape index (κ2) is 4.74. The van der Waals surface area contributed by atoms with Crippen molar-refractivity contribution in [2.45, 2.75) is 12.8 Å². The minimum atomic E-state index is -4.42. The number of halogens is 4. The largest absolute Gasteiger partial charge is 0.417 e. The van der Waals surface area contributed by atoms with E-state index < -0.39 is 11.7 Å². The second-order valence-corrected chi connectivity index (χ2v) is 4.45. The lowest BCUT2D eigenvalue weighted by molar-refractivity contribution is -0.138. The summed E-state index contributed by atoms with van der Waals surface area (Å²) in [5.41, 5.74) is -0.0246. The fourth-order valence-corrected chi connectivity index (χ4v) is 1.95. The van der Waals surface area contributed by atoms with Crippen LogP contribution < -0.4 is 0 Å². The van der Waals surface area contributed by atoms with Crippen LogP contribution in [0.3, 0.4) is 0 Å². The molecule has 2 rings (SSSR count). The number of aliphatic hydroxyl groups is 1. The first-order valence-corrected chi connectivity index (χ1v) is 5.72. The molecule has 7 heteroatoms. The molecule has 0 spiro atoms. The maximum absolute atomic E-state index is 12.7. The highest BCUT2D eigenvalue weighted by Crippen LogP contribution is 2.35. The van der Waals surface area contributed by atoms with Crippen LogP contribution >= 0.6 is 15.9 Å². The van der Waals surface area contributed by atoms with Gasteiger partial charge in [0.15, 0.2) is 0 Å². The van der Waals surface area contributed by atoms with Crippen LogP contribution in [0.5, 0.6) is 0 Å². The standard InChI is InChI=1S/C11H8BrF3N2O/c12-10-2-1-8(3-9(10)11(13,14)15)17-4-7(5-18)16-6-17/h1-4,6,18H,5H2. The fraction of sp³-hybridized carbons (Fsp3) is 0.182. The molecule has 0 amide bonds. The molecule has 1 aromatic heterocycles. The van der Waals surface area contributed by atoms with Crippen molar-refractivity contribution in [3.8, 4) is 5.69 Å². The molecule has 1 aromatic carbocycles. The van der Waals surface area contributed by atoms with Crippen LogP contribution in [0.15, 0.2) is 35.2 Å². The summed E-state index contributed by atoms with van der Waals surface area (Å²) in [4.78, 5) is 3.85. The van der Waals surface area contributed by atoms with E-state index in [0.29, 0.717) is 11.4 Å². The molecule has 0 radical (unpaired) electrons. The summed E-state index contributed by atoms with van der Waals surface area (Å²) in [6.07, 6.45) is -1.59. The second-order valence-electron chi connectivity index (χ2n) is 3.59. The molecule has 2 aromatic rings. The summed E-state index contributed by atoms with van der Waals surface area (Å²) >= 11 is 2.87. The molecular weight excluding hydrogens is 313 g/mol. The molecule has 0 aliphatic carbocycles. The van der Waals surface area contributed by atoms with E-state index in [1.807, 2.05) is 0 Å². The summed E-state index contributed by atoms with van der Waals surface area (Å²) in [5.74, 6) is 0. The maximum Gasteiger partial charge on any atom is 0.417 e. The van der Waals surface area contributed by atoms with E-state index in [-0.39, 0.29) is 11.1 Å². The van der Waals surface area contributed by atoms with E-state index in [1.54, 1.807) is 0 Å². The van der Waals surface area contributed by atoms with Gasteiger partial charge in [-0.2, -0.15) is 13.2 Å². The number of rotatable bonds is 2. The number of hydrogen-bond donors (Lipinski definition) is 1. The summed E-state index contributed by atoms with van der Waals surface area (Å²) < 4.78 is 39.6. The third-order valence-electron chi connectivity index (χ3n) is 2.35. The third-order valence-corrected chi connectivity index (χ3v) is 3.04. The first kappa shape index (κ1) is 13.1. The van der Waals surface area contributed by atoms with Crippen LogP contribution in [0.4, 0.5) is 13.2 Å². The lowest BCUT2D eigenvalue weighted by Gasteiger charge is -2.11. The lowest BCUT2D eigenvalue weighted by Crippen LogP contribution is -2.07. The average molecular weight is 321 g/mol. The minimum Gasteiger partial charge on any atom is -0.390 e. The molecule has 3 nitrogen and oxygen atoms in total. The van der Waals surface area contributed by atoms with Crippen LogP contribution in [-0.2, 0) is 12.8 Å². The Hall–Kier alpha value is -1.34. The van der Waals surface area contributed by atoms with Gasteiger partial charge in [-0.25, -0.2) is 4.98 Å². The minimum absolute atomic E-state index is 0.0127. The first-order chi connectivity index (χ1) is 8.41. The van der Waals surface area contributed by atoms with Crippen LogP contribution in [-0.4, -0.2) is 14.7 Å². The number of benzene rings is 1. The van der Waals surface area contributed by atoms with E-state index in [1.165, 1.54) is 29.2 Å². The predicted molar refractivity (Wildman–Crippen MR) is 62.2 cm³/mol. The van der Waals surface area contributed by atoms with Crippen molar-refractivity contribution in [2.24, 2.45) is 0 Å². The highest BCUT2D eigenvalue weighted by atomic mass is 79.9. The number of imidazole rings is 1. The molecule has 0 atom stereocenters. The molecule has 96 valence electrons. The van der Waals surface area contributed by atoms with Gasteiger partial charge in [-0.15, -0.1) is 0 Å². The Morgan fingerprint density at radius 3 is 2.61 bits per heavy atom. The van der Waals surface area contributed by atoms with E-state index in [0.717, 1.165) is 6.07 Å². The quantitative estimate of drug-likeness (QED) is 0.923. The van der Waals surface area contributed by atoms with Gasteiger partial charge in [0.2, 0.25) is 0 Å². The normalized spacial score (nSPS) is 11.8. The van der Waals surface area contributed by atoms with E-state index in [9.17, 15) is 13.2 Å². The van der Waals surface area contributed by atoms with Crippen LogP contribution in [0.25, 0.3) is 5.69 Å². The van der Waals surface area contributed by atoms with Gasteiger partial charge in [-0.3, -0.25) is 0 Å². The molecule has 0 aliphatic rings. The molecule has 0 unspecified atom stereocenters. The van der Waals surface area contributed by atoms with Crippen molar-refractivity contribution in [3.63, 3.8) is 0 Å². The van der Waals surface area contributed by atoms with Crippen LogP contribution in [0.2, 0.25) is 0 Å². The number of nitrogens with zero attached hydrogens (tertiary/aromatic N) is 2. The molecule has 0 saturated carbocycles. The summed E-state index contributed by atoms with van der Waals surface area (Å²) in [5, 5.41) is 8.86. The molecular formula is C11H8BrF3N2O. The lowest BCUT2D eigenvalue weighted by atomic mass is 10.2. The van der Waals surface area contributed by atoms with E-state index in [4.69, 9.17) is 5.11 Å². The monoisotopic (exact) mass is 320 g/mol. The summed E-state index contributed by atoms with van der Waals surface area (Å²) in [6, 6.07) is 3.88. The molecule has 18 heavy (non-hydrogen) atoms. The fourth-order valence-electron chi connectivity index (χ4n) is 1.48. The zero-order valence-electron chi connectivity index (χ0n) is 8.95. The SMILES string of the molecule is OCc1cn(-c2ccc(Br)c(C(F)(F)F)c2)cn1. The van der Waals surface area contributed by atoms with Gasteiger partial charge < -0.3 is 9.67 Å². The summed E-state index contributed by atoms with van der Waals surface area (Å²) in [7, 11) is 0. The average Bonchev–Trinajstić information content (AvgIpc) is 2.76. The molecule has 0 fully saturated rings. The Bertz CT molecular complexity index is 566. The smallest absolute Gasteiger partial charge is 0.390 e. The molecule has 1 heterocycles. The number of aliphatic hydroxyl groups excluding tert-OH is 1. The number of aromatic nitrogens is 2. The molecule has 1 N–H and O–H groups in total. The van der Waals surface area contributed by atoms with Crippen molar-refractivity contribution in [3.05, 3.63) is 46.5 Å². The van der Waals surface area contributed by atoms with Crippen molar-refractivity contribution >= 4 is 15.9 Å². The Labute approximate surface area is 109 Å². The Morgan fingerprint density at radius 2 is 2.06 bits per heavy atom. The van der Waals surface area contributed by atoms with Gasteiger partial charge >= 0.3 is 6.18 Å². The van der Waals surface area contributed by atoms with Gasteiger partial charge in [0, 0.05) is 16.4 Å². The first-order valence-electron chi connectivity index (χ1n) is 4.92. The van der Waals surface area contributed by atoms with Gasteiger partial charge in [0.1, 0.15) is 0 Å². The summed E-state index contributed by atoms with van der Waals surface area (Å²) in [6.45, 7) is -0.254. The van der Waals surface area contributed by atoms with Crippen molar-refractivity contribution in [1.82, 2.24) is 9.55 Å². The van der Waals surface area contributed by atoms with Crippen molar-refractivity contribution in [1.29, 1.82) is 0 Å². The zero-order chi connectivity index (χ0) is 13.3. The third kappa shape index (κ3) is 2.56. The number of hydrogen-bond acceptors (Lipinski definition) is 2. The molecule has 0 aliphatic heterocycles. The van der Waals surface area contributed by atoms with Gasteiger partial charge in [0.05, 0.1) is 24.2 Å². The van der Waals surface area contributed by atoms with E-state index in [2.05, 4.69) is 20.9 Å². The highest BCUT2D eigenvalue weighted by Gasteiger charge is 2.33. The van der Waals surface area contributed by atoms with Crippen LogP contribution in [0.1, 0.15) is 11.3 Å². The van der Waals surface area contributed by atoms with Gasteiger partial charge in [-0.05, 0) is 18.2 Å². The van der Waals surface area contributed by atoms with Crippen molar-refractivity contribution < 1.29 is 18.3 Å². The Balaban J connectivity index is 2.47.